The topological polar surface area (TPSA) is 43.8 Å². The van der Waals surface area contributed by atoms with Gasteiger partial charge in [-0.25, -0.2) is 0 Å². The van der Waals surface area contributed by atoms with Gasteiger partial charge in [0.05, 0.1) is 0 Å². The monoisotopic (exact) mass is 242 g/mol. The Bertz CT molecular complexity index is 264. The van der Waals surface area contributed by atoms with Crippen LogP contribution in [-0.4, -0.2) is 60.1 Å². The van der Waals surface area contributed by atoms with Crippen molar-refractivity contribution in [1.82, 2.24) is 9.80 Å². The molecule has 1 saturated heterocycles. The Morgan fingerprint density at radius 3 is 2.65 bits per heavy atom. The molecule has 1 atom stereocenters. The standard InChI is InChI=1S/C13H26N2O2/c1-13(2)9-11(8-12(16)17)10-15(13)7-5-6-14(3)4/h11H,5-10H2,1-4H3,(H,16,17). The van der Waals surface area contributed by atoms with E-state index in [1.807, 2.05) is 0 Å². The maximum Gasteiger partial charge on any atom is 0.303 e. The van der Waals surface area contributed by atoms with Crippen molar-refractivity contribution in [2.75, 3.05) is 33.7 Å². The zero-order valence-electron chi connectivity index (χ0n) is 11.6. The Kier molecular flexibility index (Phi) is 4.95. The maximum absolute atomic E-state index is 10.8. The van der Waals surface area contributed by atoms with Crippen molar-refractivity contribution >= 4 is 5.97 Å². The minimum absolute atomic E-state index is 0.159. The average Bonchev–Trinajstić information content (AvgIpc) is 2.39. The van der Waals surface area contributed by atoms with Gasteiger partial charge in [-0.1, -0.05) is 0 Å². The number of hydrogen-bond acceptors (Lipinski definition) is 3. The van der Waals surface area contributed by atoms with E-state index in [1.54, 1.807) is 0 Å². The molecule has 0 saturated carbocycles. The van der Waals surface area contributed by atoms with Gasteiger partial charge in [0.1, 0.15) is 0 Å². The van der Waals surface area contributed by atoms with Gasteiger partial charge in [-0.3, -0.25) is 9.69 Å². The number of carboxylic acid groups (broad SMARTS) is 1. The molecule has 1 aliphatic rings. The highest BCUT2D eigenvalue weighted by Gasteiger charge is 2.38. The average molecular weight is 242 g/mol. The molecule has 1 N–H and O–H groups in total. The summed E-state index contributed by atoms with van der Waals surface area (Å²) in [5, 5.41) is 8.85. The zero-order valence-corrected chi connectivity index (χ0v) is 11.6. The van der Waals surface area contributed by atoms with Crippen LogP contribution in [0.2, 0.25) is 0 Å². The lowest BCUT2D eigenvalue weighted by atomic mass is 9.94. The number of carbonyl (C=O) groups is 1. The zero-order chi connectivity index (χ0) is 13.1. The Morgan fingerprint density at radius 2 is 2.12 bits per heavy atom. The number of likely N-dealkylation sites (tertiary alicyclic amines) is 1. The van der Waals surface area contributed by atoms with Crippen LogP contribution in [-0.2, 0) is 4.79 Å². The molecule has 0 aromatic carbocycles. The summed E-state index contributed by atoms with van der Waals surface area (Å²) < 4.78 is 0. The number of nitrogens with zero attached hydrogens (tertiary/aromatic N) is 2. The molecule has 1 heterocycles. The highest BCUT2D eigenvalue weighted by molar-refractivity contribution is 5.67. The highest BCUT2D eigenvalue weighted by atomic mass is 16.4. The molecule has 0 bridgehead atoms. The van der Waals surface area contributed by atoms with E-state index in [2.05, 4.69) is 37.7 Å². The Balaban J connectivity index is 2.41. The lowest BCUT2D eigenvalue weighted by molar-refractivity contribution is -0.138. The third kappa shape index (κ3) is 4.64. The van der Waals surface area contributed by atoms with Crippen molar-refractivity contribution < 1.29 is 9.90 Å². The molecule has 1 fully saturated rings. The van der Waals surface area contributed by atoms with Crippen molar-refractivity contribution in [3.63, 3.8) is 0 Å². The van der Waals surface area contributed by atoms with E-state index in [9.17, 15) is 4.79 Å². The van der Waals surface area contributed by atoms with Crippen LogP contribution in [0.1, 0.15) is 33.1 Å². The number of hydrogen-bond donors (Lipinski definition) is 1. The van der Waals surface area contributed by atoms with Crippen LogP contribution in [0.25, 0.3) is 0 Å². The van der Waals surface area contributed by atoms with Crippen LogP contribution in [0.15, 0.2) is 0 Å². The van der Waals surface area contributed by atoms with Gasteiger partial charge in [-0.15, -0.1) is 0 Å². The summed E-state index contributed by atoms with van der Waals surface area (Å²) in [5.74, 6) is -0.345. The van der Waals surface area contributed by atoms with Gasteiger partial charge in [-0.2, -0.15) is 0 Å². The third-order valence-electron chi connectivity index (χ3n) is 3.62. The molecule has 1 unspecified atom stereocenters. The summed E-state index contributed by atoms with van der Waals surface area (Å²) >= 11 is 0. The minimum atomic E-state index is -0.666. The lowest BCUT2D eigenvalue weighted by Crippen LogP contribution is -2.39. The molecule has 100 valence electrons. The molecule has 1 aliphatic heterocycles. The van der Waals surface area contributed by atoms with Crippen LogP contribution < -0.4 is 0 Å². The highest BCUT2D eigenvalue weighted by Crippen LogP contribution is 2.34. The first-order valence-corrected chi connectivity index (χ1v) is 6.43. The summed E-state index contributed by atoms with van der Waals surface area (Å²) in [4.78, 5) is 15.4. The molecule has 0 amide bonds. The molecule has 0 aromatic heterocycles. The molecule has 4 nitrogen and oxygen atoms in total. The van der Waals surface area contributed by atoms with Crippen molar-refractivity contribution in [3.05, 3.63) is 0 Å². The molecular formula is C13H26N2O2. The summed E-state index contributed by atoms with van der Waals surface area (Å²) in [6.45, 7) is 7.55. The third-order valence-corrected chi connectivity index (χ3v) is 3.62. The van der Waals surface area contributed by atoms with Crippen LogP contribution in [0, 0.1) is 5.92 Å². The Morgan fingerprint density at radius 1 is 1.47 bits per heavy atom. The number of carboxylic acids is 1. The molecule has 4 heteroatoms. The molecule has 1 rings (SSSR count). The summed E-state index contributed by atoms with van der Waals surface area (Å²) in [5.41, 5.74) is 0.159. The predicted octanol–water partition coefficient (Wildman–Crippen LogP) is 1.51. The molecule has 0 aromatic rings. The van der Waals surface area contributed by atoms with E-state index in [0.29, 0.717) is 12.3 Å². The van der Waals surface area contributed by atoms with Crippen molar-refractivity contribution in [1.29, 1.82) is 0 Å². The smallest absolute Gasteiger partial charge is 0.303 e. The van der Waals surface area contributed by atoms with E-state index in [4.69, 9.17) is 5.11 Å². The van der Waals surface area contributed by atoms with Crippen molar-refractivity contribution in [3.8, 4) is 0 Å². The van der Waals surface area contributed by atoms with E-state index in [0.717, 1.165) is 32.5 Å². The Hall–Kier alpha value is -0.610. The van der Waals surface area contributed by atoms with Gasteiger partial charge in [0.15, 0.2) is 0 Å². The molecule has 17 heavy (non-hydrogen) atoms. The fourth-order valence-electron chi connectivity index (χ4n) is 2.81. The van der Waals surface area contributed by atoms with E-state index in [-0.39, 0.29) is 5.54 Å². The molecular weight excluding hydrogens is 216 g/mol. The first-order valence-electron chi connectivity index (χ1n) is 6.43. The minimum Gasteiger partial charge on any atom is -0.481 e. The van der Waals surface area contributed by atoms with Crippen LogP contribution in [0.4, 0.5) is 0 Å². The molecule has 0 aliphatic carbocycles. The second-order valence-electron chi connectivity index (χ2n) is 6.08. The van der Waals surface area contributed by atoms with Gasteiger partial charge in [-0.05, 0) is 59.8 Å². The van der Waals surface area contributed by atoms with E-state index < -0.39 is 5.97 Å². The van der Waals surface area contributed by atoms with Gasteiger partial charge >= 0.3 is 5.97 Å². The largest absolute Gasteiger partial charge is 0.481 e. The second-order valence-corrected chi connectivity index (χ2v) is 6.08. The van der Waals surface area contributed by atoms with Crippen molar-refractivity contribution in [2.45, 2.75) is 38.6 Å². The Labute approximate surface area is 105 Å². The van der Waals surface area contributed by atoms with Gasteiger partial charge in [0, 0.05) is 18.5 Å². The summed E-state index contributed by atoms with van der Waals surface area (Å²) in [6.07, 6.45) is 2.46. The second kappa shape index (κ2) is 5.83. The summed E-state index contributed by atoms with van der Waals surface area (Å²) in [7, 11) is 4.17. The van der Waals surface area contributed by atoms with E-state index >= 15 is 0 Å². The first-order chi connectivity index (χ1) is 7.81. The fourth-order valence-corrected chi connectivity index (χ4v) is 2.81. The summed E-state index contributed by atoms with van der Waals surface area (Å²) in [6, 6.07) is 0. The van der Waals surface area contributed by atoms with E-state index in [1.165, 1.54) is 0 Å². The number of rotatable bonds is 6. The SMILES string of the molecule is CN(C)CCCN1CC(CC(=O)O)CC1(C)C. The van der Waals surface area contributed by atoms with Gasteiger partial charge in [0.2, 0.25) is 0 Å². The maximum atomic E-state index is 10.8. The van der Waals surface area contributed by atoms with Crippen molar-refractivity contribution in [2.24, 2.45) is 5.92 Å². The van der Waals surface area contributed by atoms with Gasteiger partial charge in [0.25, 0.3) is 0 Å². The molecule has 0 radical (unpaired) electrons. The van der Waals surface area contributed by atoms with Crippen LogP contribution in [0.3, 0.4) is 0 Å². The van der Waals surface area contributed by atoms with Crippen LogP contribution in [0.5, 0.6) is 0 Å². The number of aliphatic carboxylic acids is 1. The lowest BCUT2D eigenvalue weighted by Gasteiger charge is -2.31. The van der Waals surface area contributed by atoms with Gasteiger partial charge < -0.3 is 10.0 Å². The van der Waals surface area contributed by atoms with Crippen LogP contribution >= 0.6 is 0 Å². The fraction of sp³-hybridized carbons (Fsp3) is 0.923. The molecule has 0 spiro atoms. The normalized spacial score (nSPS) is 24.4. The predicted molar refractivity (Wildman–Crippen MR) is 69.2 cm³/mol. The first kappa shape index (κ1) is 14.5. The quantitative estimate of drug-likeness (QED) is 0.767.